The second-order valence-corrected chi connectivity index (χ2v) is 13.6. The summed E-state index contributed by atoms with van der Waals surface area (Å²) in [6, 6.07) is 6.75. The molecule has 236 valence electrons. The summed E-state index contributed by atoms with van der Waals surface area (Å²) in [5.74, 6) is -2.32. The van der Waals surface area contributed by atoms with E-state index in [0.717, 1.165) is 82.0 Å². The summed E-state index contributed by atoms with van der Waals surface area (Å²) in [6.45, 7) is 6.40. The Balaban J connectivity index is 1.18. The molecule has 8 rings (SSSR count). The third kappa shape index (κ3) is 4.87. The first kappa shape index (κ1) is 28.8. The third-order valence-corrected chi connectivity index (χ3v) is 11.1. The number of fused-ring (bicyclic) bond motifs is 4. The van der Waals surface area contributed by atoms with Gasteiger partial charge >= 0.3 is 6.01 Å². The number of likely N-dealkylation sites (tertiary alicyclic amines) is 1. The van der Waals surface area contributed by atoms with Gasteiger partial charge in [0.15, 0.2) is 11.6 Å². The van der Waals surface area contributed by atoms with E-state index in [4.69, 9.17) is 4.74 Å². The van der Waals surface area contributed by atoms with Crippen LogP contribution in [0.15, 0.2) is 36.7 Å². The molecule has 7 nitrogen and oxygen atoms in total. The number of nitrogens with zero attached hydrogens (tertiary/aromatic N) is 4. The minimum absolute atomic E-state index is 0.0136. The van der Waals surface area contributed by atoms with Crippen LogP contribution in [-0.2, 0) is 17.6 Å². The molecule has 3 atom stereocenters. The molecule has 1 N–H and O–H groups in total. The van der Waals surface area contributed by atoms with Gasteiger partial charge in [0.2, 0.25) is 0 Å². The molecule has 10 heteroatoms. The maximum atomic E-state index is 16.6. The fourth-order valence-corrected chi connectivity index (χ4v) is 8.72. The van der Waals surface area contributed by atoms with Crippen molar-refractivity contribution in [3.63, 3.8) is 0 Å². The van der Waals surface area contributed by atoms with Crippen LogP contribution in [-0.4, -0.2) is 70.0 Å². The van der Waals surface area contributed by atoms with E-state index < -0.39 is 23.4 Å². The minimum Gasteiger partial charge on any atom is -0.461 e. The quantitative estimate of drug-likeness (QED) is 0.304. The van der Waals surface area contributed by atoms with Crippen LogP contribution < -0.4 is 10.1 Å². The number of rotatable bonds is 8. The lowest BCUT2D eigenvalue weighted by atomic mass is 9.85. The predicted octanol–water partition coefficient (Wildman–Crippen LogP) is 6.20. The van der Waals surface area contributed by atoms with Crippen molar-refractivity contribution >= 4 is 22.6 Å². The third-order valence-electron chi connectivity index (χ3n) is 11.1. The SMILES string of the molecule is C=C(F)C(=O)N1C[C@@H]2CC2[C@H]1CNc1nc(OCC23CCCN2CCC3)nc2c(F)c(-c3cccc4c3CCCC4)c(F)cc12. The second-order valence-electron chi connectivity index (χ2n) is 13.6. The largest absolute Gasteiger partial charge is 0.461 e. The van der Waals surface area contributed by atoms with Crippen molar-refractivity contribution in [2.75, 3.05) is 38.1 Å². The van der Waals surface area contributed by atoms with E-state index in [1.54, 1.807) is 6.07 Å². The lowest BCUT2D eigenvalue weighted by molar-refractivity contribution is -0.129. The van der Waals surface area contributed by atoms with Gasteiger partial charge in [-0.05, 0) is 105 Å². The van der Waals surface area contributed by atoms with E-state index in [1.165, 1.54) is 11.0 Å². The molecule has 2 aromatic carbocycles. The number of piperidine rings is 1. The molecule has 2 aliphatic carbocycles. The highest BCUT2D eigenvalue weighted by molar-refractivity contribution is 5.94. The summed E-state index contributed by atoms with van der Waals surface area (Å²) in [5, 5.41) is 3.47. The van der Waals surface area contributed by atoms with E-state index in [-0.39, 0.29) is 52.3 Å². The van der Waals surface area contributed by atoms with Gasteiger partial charge < -0.3 is 15.0 Å². The first-order chi connectivity index (χ1) is 21.8. The Hall–Kier alpha value is -3.66. The molecule has 0 spiro atoms. The number of anilines is 1. The van der Waals surface area contributed by atoms with Crippen LogP contribution in [0.5, 0.6) is 6.01 Å². The highest BCUT2D eigenvalue weighted by Gasteiger charge is 2.54. The van der Waals surface area contributed by atoms with Gasteiger partial charge in [0, 0.05) is 18.5 Å². The molecule has 1 saturated carbocycles. The zero-order valence-electron chi connectivity index (χ0n) is 25.4. The molecule has 4 heterocycles. The van der Waals surface area contributed by atoms with Gasteiger partial charge in [-0.2, -0.15) is 9.97 Å². The van der Waals surface area contributed by atoms with Gasteiger partial charge in [-0.3, -0.25) is 9.69 Å². The van der Waals surface area contributed by atoms with Gasteiger partial charge in [0.05, 0.1) is 17.1 Å². The van der Waals surface area contributed by atoms with Crippen LogP contribution in [0, 0.1) is 23.5 Å². The Morgan fingerprint density at radius 1 is 1.11 bits per heavy atom. The van der Waals surface area contributed by atoms with Crippen LogP contribution in [0.1, 0.15) is 56.1 Å². The number of hydrogen-bond acceptors (Lipinski definition) is 6. The summed E-state index contributed by atoms with van der Waals surface area (Å²) in [5.41, 5.74) is 2.53. The smallest absolute Gasteiger partial charge is 0.319 e. The molecule has 3 aromatic rings. The Labute approximate surface area is 260 Å². The van der Waals surface area contributed by atoms with Gasteiger partial charge in [0.1, 0.15) is 23.8 Å². The number of nitrogens with one attached hydrogen (secondary N) is 1. The van der Waals surface area contributed by atoms with Crippen LogP contribution in [0.2, 0.25) is 0 Å². The standard InChI is InChI=1S/C35H38F3N5O2/c1-20(36)33(44)43-18-22-15-25(22)28(43)17-39-32-26-16-27(37)29(24-10-4-8-21-7-2-3-9-23(21)24)30(38)31(26)40-34(41-32)45-19-35-11-5-13-42(35)14-6-12-35/h4,8,10,16,22,25,28H,1-3,5-7,9,11-15,17-19H2,(H,39,40,41)/t22-,25?,28+/m0/s1. The number of amides is 1. The highest BCUT2D eigenvalue weighted by atomic mass is 19.1. The molecular formula is C35H38F3N5O2. The minimum atomic E-state index is -0.989. The Kier molecular flexibility index (Phi) is 7.04. The molecule has 45 heavy (non-hydrogen) atoms. The molecule has 1 unspecified atom stereocenters. The van der Waals surface area contributed by atoms with Gasteiger partial charge in [0.25, 0.3) is 5.91 Å². The topological polar surface area (TPSA) is 70.6 Å². The van der Waals surface area contributed by atoms with Crippen molar-refractivity contribution in [2.45, 2.75) is 69.4 Å². The molecule has 0 radical (unpaired) electrons. The first-order valence-corrected chi connectivity index (χ1v) is 16.4. The molecule has 4 fully saturated rings. The molecule has 0 bridgehead atoms. The maximum absolute atomic E-state index is 16.6. The van der Waals surface area contributed by atoms with Crippen molar-refractivity contribution in [3.8, 4) is 17.1 Å². The first-order valence-electron chi connectivity index (χ1n) is 16.4. The summed E-state index contributed by atoms with van der Waals surface area (Å²) in [6.07, 6.45) is 8.94. The lowest BCUT2D eigenvalue weighted by Gasteiger charge is -2.31. The van der Waals surface area contributed by atoms with Crippen molar-refractivity contribution in [1.29, 1.82) is 0 Å². The fraction of sp³-hybridized carbons (Fsp3) is 0.514. The Morgan fingerprint density at radius 3 is 2.71 bits per heavy atom. The number of aryl methyl sites for hydroxylation is 1. The van der Waals surface area contributed by atoms with E-state index in [2.05, 4.69) is 26.8 Å². The average molecular weight is 618 g/mol. The molecule has 5 aliphatic rings. The molecule has 3 aliphatic heterocycles. The van der Waals surface area contributed by atoms with E-state index in [1.807, 2.05) is 12.1 Å². The molecular weight excluding hydrogens is 579 g/mol. The summed E-state index contributed by atoms with van der Waals surface area (Å²) < 4.78 is 52.8. The van der Waals surface area contributed by atoms with E-state index >= 15 is 8.78 Å². The maximum Gasteiger partial charge on any atom is 0.319 e. The number of ether oxygens (including phenoxy) is 1. The van der Waals surface area contributed by atoms with Crippen LogP contribution in [0.4, 0.5) is 19.0 Å². The molecule has 3 saturated heterocycles. The van der Waals surface area contributed by atoms with Crippen LogP contribution in [0.3, 0.4) is 0 Å². The highest BCUT2D eigenvalue weighted by Crippen LogP contribution is 2.50. The number of benzene rings is 2. The van der Waals surface area contributed by atoms with Crippen LogP contribution in [0.25, 0.3) is 22.0 Å². The van der Waals surface area contributed by atoms with Gasteiger partial charge in [-0.15, -0.1) is 0 Å². The van der Waals surface area contributed by atoms with Crippen molar-refractivity contribution in [1.82, 2.24) is 19.8 Å². The van der Waals surface area contributed by atoms with Crippen LogP contribution >= 0.6 is 0 Å². The number of halogens is 3. The number of aromatic nitrogens is 2. The summed E-state index contributed by atoms with van der Waals surface area (Å²) in [7, 11) is 0. The average Bonchev–Trinajstić information content (AvgIpc) is 3.32. The Bertz CT molecular complexity index is 1700. The van der Waals surface area contributed by atoms with Crippen molar-refractivity contribution in [3.05, 3.63) is 59.4 Å². The fourth-order valence-electron chi connectivity index (χ4n) is 8.72. The number of hydrogen-bond donors (Lipinski definition) is 1. The van der Waals surface area contributed by atoms with E-state index in [9.17, 15) is 9.18 Å². The van der Waals surface area contributed by atoms with Crippen molar-refractivity contribution in [2.24, 2.45) is 11.8 Å². The van der Waals surface area contributed by atoms with Gasteiger partial charge in [-0.25, -0.2) is 13.2 Å². The normalized spacial score (nSPS) is 24.8. The lowest BCUT2D eigenvalue weighted by Crippen LogP contribution is -2.43. The number of carbonyl (C=O) groups excluding carboxylic acids is 1. The molecule has 1 amide bonds. The summed E-state index contributed by atoms with van der Waals surface area (Å²) >= 11 is 0. The van der Waals surface area contributed by atoms with E-state index in [0.29, 0.717) is 24.6 Å². The van der Waals surface area contributed by atoms with Gasteiger partial charge in [-0.1, -0.05) is 24.8 Å². The monoisotopic (exact) mass is 617 g/mol. The number of carbonyl (C=O) groups is 1. The zero-order valence-corrected chi connectivity index (χ0v) is 25.4. The summed E-state index contributed by atoms with van der Waals surface area (Å²) in [4.78, 5) is 25.7. The molecule has 1 aromatic heterocycles. The van der Waals surface area contributed by atoms with Crippen molar-refractivity contribution < 1.29 is 22.7 Å². The Morgan fingerprint density at radius 2 is 1.91 bits per heavy atom. The predicted molar refractivity (Wildman–Crippen MR) is 166 cm³/mol. The second kappa shape index (κ2) is 11.0. The zero-order chi connectivity index (χ0) is 30.9.